The Balaban J connectivity index is 1.96. The highest BCUT2D eigenvalue weighted by Gasteiger charge is 2.15. The van der Waals surface area contributed by atoms with Crippen molar-refractivity contribution < 1.29 is 4.79 Å². The molecule has 2 rings (SSSR count). The van der Waals surface area contributed by atoms with E-state index in [0.717, 1.165) is 25.2 Å². The van der Waals surface area contributed by atoms with Gasteiger partial charge in [-0.15, -0.1) is 0 Å². The summed E-state index contributed by atoms with van der Waals surface area (Å²) in [6.45, 7) is 4.65. The molecular formula is C15H23N3O. The van der Waals surface area contributed by atoms with Crippen molar-refractivity contribution in [1.82, 2.24) is 0 Å². The summed E-state index contributed by atoms with van der Waals surface area (Å²) < 4.78 is 0. The lowest BCUT2D eigenvalue weighted by atomic mass is 10.1. The lowest BCUT2D eigenvalue weighted by molar-refractivity contribution is -0.119. The molecule has 1 aromatic rings. The average molecular weight is 261 g/mol. The van der Waals surface area contributed by atoms with Gasteiger partial charge in [0, 0.05) is 31.0 Å². The van der Waals surface area contributed by atoms with Crippen molar-refractivity contribution in [3.63, 3.8) is 0 Å². The van der Waals surface area contributed by atoms with Gasteiger partial charge in [-0.1, -0.05) is 6.92 Å². The van der Waals surface area contributed by atoms with Crippen molar-refractivity contribution in [2.75, 3.05) is 29.9 Å². The highest BCUT2D eigenvalue weighted by atomic mass is 16.1. The maximum atomic E-state index is 11.9. The molecule has 0 saturated carbocycles. The molecule has 1 aliphatic heterocycles. The van der Waals surface area contributed by atoms with Crippen LogP contribution in [0.2, 0.25) is 0 Å². The second-order valence-electron chi connectivity index (χ2n) is 5.07. The van der Waals surface area contributed by atoms with Gasteiger partial charge in [0.05, 0.1) is 5.92 Å². The van der Waals surface area contributed by atoms with Crippen molar-refractivity contribution >= 4 is 17.3 Å². The molecule has 3 N–H and O–H groups in total. The number of hydrogen-bond donors (Lipinski definition) is 2. The zero-order valence-electron chi connectivity index (χ0n) is 11.6. The van der Waals surface area contributed by atoms with Crippen molar-refractivity contribution in [3.8, 4) is 0 Å². The Morgan fingerprint density at radius 3 is 2.47 bits per heavy atom. The fourth-order valence-corrected chi connectivity index (χ4v) is 2.43. The number of carbonyl (C=O) groups is 1. The molecule has 0 spiro atoms. The summed E-state index contributed by atoms with van der Waals surface area (Å²) in [5.74, 6) is -0.0859. The number of nitrogens with two attached hydrogens (primary N) is 1. The third kappa shape index (κ3) is 3.47. The van der Waals surface area contributed by atoms with Crippen LogP contribution in [0.15, 0.2) is 24.3 Å². The standard InChI is InChI=1S/C15H23N3O/c1-2-12(11-16)15(19)17-13-5-7-14(8-6-13)18-9-3-4-10-18/h5-8,12H,2-4,9-11,16H2,1H3,(H,17,19). The lowest BCUT2D eigenvalue weighted by Gasteiger charge is -2.18. The summed E-state index contributed by atoms with van der Waals surface area (Å²) in [7, 11) is 0. The van der Waals surface area contributed by atoms with E-state index in [-0.39, 0.29) is 11.8 Å². The monoisotopic (exact) mass is 261 g/mol. The van der Waals surface area contributed by atoms with Crippen LogP contribution in [0, 0.1) is 5.92 Å². The first-order valence-electron chi connectivity index (χ1n) is 7.10. The van der Waals surface area contributed by atoms with Gasteiger partial charge >= 0.3 is 0 Å². The predicted molar refractivity (Wildman–Crippen MR) is 79.4 cm³/mol. The van der Waals surface area contributed by atoms with Gasteiger partial charge in [-0.05, 0) is 43.5 Å². The van der Waals surface area contributed by atoms with E-state index in [2.05, 4.69) is 22.3 Å². The highest BCUT2D eigenvalue weighted by Crippen LogP contribution is 2.22. The zero-order chi connectivity index (χ0) is 13.7. The molecular weight excluding hydrogens is 238 g/mol. The molecule has 0 aliphatic carbocycles. The van der Waals surface area contributed by atoms with Crippen molar-refractivity contribution in [1.29, 1.82) is 0 Å². The molecule has 1 unspecified atom stereocenters. The van der Waals surface area contributed by atoms with Gasteiger partial charge in [-0.25, -0.2) is 0 Å². The topological polar surface area (TPSA) is 58.4 Å². The summed E-state index contributed by atoms with van der Waals surface area (Å²) in [5, 5.41) is 2.92. The van der Waals surface area contributed by atoms with Crippen LogP contribution in [0.25, 0.3) is 0 Å². The Labute approximate surface area is 115 Å². The van der Waals surface area contributed by atoms with Gasteiger partial charge in [0.15, 0.2) is 0 Å². The second-order valence-corrected chi connectivity index (χ2v) is 5.07. The lowest BCUT2D eigenvalue weighted by Crippen LogP contribution is -2.28. The van der Waals surface area contributed by atoms with Crippen LogP contribution in [0.3, 0.4) is 0 Å². The summed E-state index contributed by atoms with van der Waals surface area (Å²) in [5.41, 5.74) is 7.66. The van der Waals surface area contributed by atoms with E-state index in [1.807, 2.05) is 19.1 Å². The number of carbonyl (C=O) groups excluding carboxylic acids is 1. The smallest absolute Gasteiger partial charge is 0.228 e. The first-order chi connectivity index (χ1) is 9.24. The fourth-order valence-electron chi connectivity index (χ4n) is 2.43. The van der Waals surface area contributed by atoms with Crippen LogP contribution in [-0.4, -0.2) is 25.5 Å². The second kappa shape index (κ2) is 6.57. The van der Waals surface area contributed by atoms with Gasteiger partial charge in [0.2, 0.25) is 5.91 Å². The van der Waals surface area contributed by atoms with Crippen LogP contribution >= 0.6 is 0 Å². The van der Waals surface area contributed by atoms with Gasteiger partial charge in [-0.2, -0.15) is 0 Å². The van der Waals surface area contributed by atoms with Gasteiger partial charge in [0.25, 0.3) is 0 Å². The number of nitrogens with one attached hydrogen (secondary N) is 1. The molecule has 1 fully saturated rings. The van der Waals surface area contributed by atoms with Crippen LogP contribution in [0.4, 0.5) is 11.4 Å². The Morgan fingerprint density at radius 2 is 1.95 bits per heavy atom. The van der Waals surface area contributed by atoms with Crippen molar-refractivity contribution in [2.24, 2.45) is 11.7 Å². The Hall–Kier alpha value is -1.55. The van der Waals surface area contributed by atoms with E-state index in [9.17, 15) is 4.79 Å². The molecule has 0 aromatic heterocycles. The Kier molecular flexibility index (Phi) is 4.80. The molecule has 1 aromatic carbocycles. The number of rotatable bonds is 5. The van der Waals surface area contributed by atoms with Gasteiger partial charge in [0.1, 0.15) is 0 Å². The molecule has 104 valence electrons. The Morgan fingerprint density at radius 1 is 1.32 bits per heavy atom. The normalized spacial score (nSPS) is 16.4. The summed E-state index contributed by atoms with van der Waals surface area (Å²) in [6, 6.07) is 8.08. The van der Waals surface area contributed by atoms with E-state index < -0.39 is 0 Å². The molecule has 4 heteroatoms. The van der Waals surface area contributed by atoms with E-state index >= 15 is 0 Å². The van der Waals surface area contributed by atoms with Crippen molar-refractivity contribution in [2.45, 2.75) is 26.2 Å². The van der Waals surface area contributed by atoms with Crippen molar-refractivity contribution in [3.05, 3.63) is 24.3 Å². The number of anilines is 2. The SMILES string of the molecule is CCC(CN)C(=O)Nc1ccc(N2CCCC2)cc1. The van der Waals surface area contributed by atoms with E-state index in [1.54, 1.807) is 0 Å². The van der Waals surface area contributed by atoms with Crippen LogP contribution in [0.5, 0.6) is 0 Å². The van der Waals surface area contributed by atoms with Crippen LogP contribution in [0.1, 0.15) is 26.2 Å². The minimum atomic E-state index is -0.0988. The fraction of sp³-hybridized carbons (Fsp3) is 0.533. The third-order valence-corrected chi connectivity index (χ3v) is 3.75. The van der Waals surface area contributed by atoms with Crippen LogP contribution < -0.4 is 16.0 Å². The quantitative estimate of drug-likeness (QED) is 0.854. The molecule has 1 saturated heterocycles. The molecule has 1 aliphatic rings. The summed E-state index contributed by atoms with van der Waals surface area (Å²) >= 11 is 0. The summed E-state index contributed by atoms with van der Waals surface area (Å²) in [6.07, 6.45) is 3.31. The number of benzene rings is 1. The van der Waals surface area contributed by atoms with E-state index in [0.29, 0.717) is 6.54 Å². The molecule has 1 atom stereocenters. The zero-order valence-corrected chi connectivity index (χ0v) is 11.6. The average Bonchev–Trinajstić information content (AvgIpc) is 2.95. The Bertz CT molecular complexity index is 406. The number of nitrogens with zero attached hydrogens (tertiary/aromatic N) is 1. The molecule has 1 amide bonds. The van der Waals surface area contributed by atoms with E-state index in [4.69, 9.17) is 5.73 Å². The summed E-state index contributed by atoms with van der Waals surface area (Å²) in [4.78, 5) is 14.3. The molecule has 19 heavy (non-hydrogen) atoms. The van der Waals surface area contributed by atoms with Crippen LogP contribution in [-0.2, 0) is 4.79 Å². The molecule has 1 heterocycles. The molecule has 0 bridgehead atoms. The highest BCUT2D eigenvalue weighted by molar-refractivity contribution is 5.92. The third-order valence-electron chi connectivity index (χ3n) is 3.75. The first-order valence-corrected chi connectivity index (χ1v) is 7.10. The van der Waals surface area contributed by atoms with Gasteiger partial charge < -0.3 is 16.0 Å². The largest absolute Gasteiger partial charge is 0.372 e. The number of hydrogen-bond acceptors (Lipinski definition) is 3. The van der Waals surface area contributed by atoms with E-state index in [1.165, 1.54) is 18.5 Å². The van der Waals surface area contributed by atoms with Gasteiger partial charge in [-0.3, -0.25) is 4.79 Å². The maximum absolute atomic E-state index is 11.9. The predicted octanol–water partition coefficient (Wildman–Crippen LogP) is 2.21. The maximum Gasteiger partial charge on any atom is 0.228 e. The molecule has 4 nitrogen and oxygen atoms in total. The molecule has 0 radical (unpaired) electrons. The number of amides is 1. The first kappa shape index (κ1) is 13.9. The minimum absolute atomic E-state index is 0.0129. The minimum Gasteiger partial charge on any atom is -0.372 e.